The number of anilines is 2. The van der Waals surface area contributed by atoms with Gasteiger partial charge in [0.1, 0.15) is 11.5 Å². The van der Waals surface area contributed by atoms with E-state index >= 15 is 0 Å². The molecule has 0 spiro atoms. The third kappa shape index (κ3) is 5.46. The summed E-state index contributed by atoms with van der Waals surface area (Å²) in [4.78, 5) is 35.0. The van der Waals surface area contributed by atoms with Gasteiger partial charge in [-0.15, -0.1) is 0 Å². The molecule has 0 radical (unpaired) electrons. The minimum Gasteiger partial charge on any atom is -0.550 e. The van der Waals surface area contributed by atoms with Crippen LogP contribution in [-0.2, 0) is 9.59 Å². The van der Waals surface area contributed by atoms with Crippen molar-refractivity contribution < 1.29 is 29.0 Å². The summed E-state index contributed by atoms with van der Waals surface area (Å²) in [5, 5.41) is 15.7. The quantitative estimate of drug-likeness (QED) is 0.725. The fourth-order valence-electron chi connectivity index (χ4n) is 2.31. The molecule has 27 heavy (non-hydrogen) atoms. The number of methoxy groups -OCH3 is 2. The molecule has 2 aromatic carbocycles. The highest BCUT2D eigenvalue weighted by atomic mass is 16.5. The van der Waals surface area contributed by atoms with Crippen molar-refractivity contribution in [1.29, 1.82) is 0 Å². The molecule has 2 aromatic rings. The van der Waals surface area contributed by atoms with Crippen molar-refractivity contribution in [3.05, 3.63) is 48.0 Å². The Morgan fingerprint density at radius 1 is 0.926 bits per heavy atom. The van der Waals surface area contributed by atoms with E-state index in [4.69, 9.17) is 9.47 Å². The molecule has 2 rings (SSSR count). The van der Waals surface area contributed by atoms with Gasteiger partial charge in [0, 0.05) is 18.5 Å². The van der Waals surface area contributed by atoms with Gasteiger partial charge < -0.3 is 30.0 Å². The highest BCUT2D eigenvalue weighted by molar-refractivity contribution is 6.10. The van der Waals surface area contributed by atoms with Crippen LogP contribution >= 0.6 is 0 Å². The number of carboxylic acids is 1. The lowest BCUT2D eigenvalue weighted by Gasteiger charge is -2.14. The second-order valence-electron chi connectivity index (χ2n) is 5.49. The Morgan fingerprint density at radius 2 is 1.67 bits per heavy atom. The van der Waals surface area contributed by atoms with Gasteiger partial charge in [0.2, 0.25) is 5.91 Å². The van der Waals surface area contributed by atoms with E-state index in [1.54, 1.807) is 42.5 Å². The second kappa shape index (κ2) is 9.23. The number of carbonyl (C=O) groups excluding carboxylic acids is 3. The number of benzene rings is 2. The Hall–Kier alpha value is -3.55. The Bertz CT molecular complexity index is 850. The van der Waals surface area contributed by atoms with Crippen LogP contribution in [0, 0.1) is 0 Å². The average Bonchev–Trinajstić information content (AvgIpc) is 2.67. The lowest BCUT2D eigenvalue weighted by Crippen LogP contribution is -2.24. The third-order valence-electron chi connectivity index (χ3n) is 3.66. The maximum Gasteiger partial charge on any atom is 0.257 e. The number of hydrogen-bond donors (Lipinski definition) is 2. The molecule has 0 atom stereocenters. The molecule has 0 saturated heterocycles. The Morgan fingerprint density at radius 3 is 2.33 bits per heavy atom. The summed E-state index contributed by atoms with van der Waals surface area (Å²) in [5.41, 5.74) is 0.921. The number of carbonyl (C=O) groups is 3. The van der Waals surface area contributed by atoms with Crippen LogP contribution in [0.15, 0.2) is 42.5 Å². The first kappa shape index (κ1) is 19.8. The second-order valence-corrected chi connectivity index (χ2v) is 5.49. The molecule has 2 N–H and O–H groups in total. The molecule has 0 fully saturated rings. The lowest BCUT2D eigenvalue weighted by atomic mass is 10.1. The predicted molar refractivity (Wildman–Crippen MR) is 96.8 cm³/mol. The molecule has 142 valence electrons. The number of para-hydroxylation sites is 1. The first-order valence-corrected chi connectivity index (χ1v) is 8.06. The zero-order chi connectivity index (χ0) is 19.8. The van der Waals surface area contributed by atoms with E-state index < -0.39 is 24.2 Å². The number of carboxylic acid groups (broad SMARTS) is 1. The van der Waals surface area contributed by atoms with Gasteiger partial charge in [0.05, 0.1) is 31.2 Å². The molecular formula is C19H19N2O6-. The van der Waals surface area contributed by atoms with Crippen LogP contribution in [0.1, 0.15) is 23.2 Å². The molecular weight excluding hydrogens is 352 g/mol. The SMILES string of the molecule is COc1ccc(NC(=O)c2ccccc2NC(=O)CCC(=O)[O-])c(OC)c1. The zero-order valence-corrected chi connectivity index (χ0v) is 14.9. The minimum atomic E-state index is -1.32. The zero-order valence-electron chi connectivity index (χ0n) is 14.9. The molecule has 0 bridgehead atoms. The van der Waals surface area contributed by atoms with Crippen molar-refractivity contribution in [2.24, 2.45) is 0 Å². The van der Waals surface area contributed by atoms with Gasteiger partial charge in [-0.3, -0.25) is 9.59 Å². The number of ether oxygens (including phenoxy) is 2. The van der Waals surface area contributed by atoms with Crippen LogP contribution in [-0.4, -0.2) is 32.0 Å². The van der Waals surface area contributed by atoms with Crippen LogP contribution in [0.25, 0.3) is 0 Å². The van der Waals surface area contributed by atoms with Gasteiger partial charge in [-0.1, -0.05) is 12.1 Å². The molecule has 0 aliphatic rings. The van der Waals surface area contributed by atoms with Crippen molar-refractivity contribution in [3.63, 3.8) is 0 Å². The van der Waals surface area contributed by atoms with Gasteiger partial charge in [0.15, 0.2) is 0 Å². The van der Waals surface area contributed by atoms with Gasteiger partial charge in [-0.2, -0.15) is 0 Å². The average molecular weight is 371 g/mol. The van der Waals surface area contributed by atoms with E-state index in [1.807, 2.05) is 0 Å². The van der Waals surface area contributed by atoms with Crippen LogP contribution in [0.3, 0.4) is 0 Å². The molecule has 0 aliphatic heterocycles. The monoisotopic (exact) mass is 371 g/mol. The van der Waals surface area contributed by atoms with E-state index in [-0.39, 0.29) is 17.7 Å². The Labute approximate surface area is 156 Å². The molecule has 0 saturated carbocycles. The number of hydrogen-bond acceptors (Lipinski definition) is 6. The van der Waals surface area contributed by atoms with Gasteiger partial charge in [-0.25, -0.2) is 0 Å². The van der Waals surface area contributed by atoms with E-state index in [0.717, 1.165) is 0 Å². The maximum absolute atomic E-state index is 12.7. The lowest BCUT2D eigenvalue weighted by molar-refractivity contribution is -0.305. The molecule has 0 unspecified atom stereocenters. The number of rotatable bonds is 8. The number of nitrogens with one attached hydrogen (secondary N) is 2. The van der Waals surface area contributed by atoms with Gasteiger partial charge in [-0.05, 0) is 30.7 Å². The van der Waals surface area contributed by atoms with Crippen molar-refractivity contribution in [1.82, 2.24) is 0 Å². The first-order valence-electron chi connectivity index (χ1n) is 8.06. The summed E-state index contributed by atoms with van der Waals surface area (Å²) in [6, 6.07) is 11.3. The van der Waals surface area contributed by atoms with Crippen molar-refractivity contribution in [2.75, 3.05) is 24.9 Å². The van der Waals surface area contributed by atoms with Crippen LogP contribution in [0.2, 0.25) is 0 Å². The fourth-order valence-corrected chi connectivity index (χ4v) is 2.31. The third-order valence-corrected chi connectivity index (χ3v) is 3.66. The summed E-state index contributed by atoms with van der Waals surface area (Å²) in [5.74, 6) is -1.32. The summed E-state index contributed by atoms with van der Waals surface area (Å²) < 4.78 is 10.4. The van der Waals surface area contributed by atoms with E-state index in [0.29, 0.717) is 17.2 Å². The van der Waals surface area contributed by atoms with Crippen molar-refractivity contribution in [2.45, 2.75) is 12.8 Å². The molecule has 0 aromatic heterocycles. The normalized spacial score (nSPS) is 10.0. The van der Waals surface area contributed by atoms with Gasteiger partial charge >= 0.3 is 0 Å². The minimum absolute atomic E-state index is 0.220. The highest BCUT2D eigenvalue weighted by Crippen LogP contribution is 2.30. The predicted octanol–water partition coefficient (Wildman–Crippen LogP) is 1.42. The highest BCUT2D eigenvalue weighted by Gasteiger charge is 2.15. The summed E-state index contributed by atoms with van der Waals surface area (Å²) >= 11 is 0. The Balaban J connectivity index is 2.17. The van der Waals surface area contributed by atoms with Crippen molar-refractivity contribution >= 4 is 29.2 Å². The fraction of sp³-hybridized carbons (Fsp3) is 0.211. The first-order chi connectivity index (χ1) is 12.9. The van der Waals surface area contributed by atoms with Crippen molar-refractivity contribution in [3.8, 4) is 11.5 Å². The smallest absolute Gasteiger partial charge is 0.257 e. The van der Waals surface area contributed by atoms with E-state index in [2.05, 4.69) is 10.6 Å². The molecule has 8 nitrogen and oxygen atoms in total. The Kier molecular flexibility index (Phi) is 6.76. The molecule has 0 aliphatic carbocycles. The summed E-state index contributed by atoms with van der Waals surface area (Å²) in [6.07, 6.45) is -0.645. The summed E-state index contributed by atoms with van der Waals surface area (Å²) in [6.45, 7) is 0. The topological polar surface area (TPSA) is 117 Å². The maximum atomic E-state index is 12.7. The van der Waals surface area contributed by atoms with E-state index in [9.17, 15) is 19.5 Å². The van der Waals surface area contributed by atoms with Crippen LogP contribution in [0.5, 0.6) is 11.5 Å². The van der Waals surface area contributed by atoms with Crippen LogP contribution in [0.4, 0.5) is 11.4 Å². The summed E-state index contributed by atoms with van der Waals surface area (Å²) in [7, 11) is 2.99. The molecule has 0 heterocycles. The van der Waals surface area contributed by atoms with Gasteiger partial charge in [0.25, 0.3) is 5.91 Å². The van der Waals surface area contributed by atoms with Crippen LogP contribution < -0.4 is 25.2 Å². The largest absolute Gasteiger partial charge is 0.550 e. The molecule has 2 amide bonds. The standard InChI is InChI=1S/C19H20N2O6/c1-26-12-7-8-15(16(11-12)27-2)21-19(25)13-5-3-4-6-14(13)20-17(22)9-10-18(23)24/h3-8,11H,9-10H2,1-2H3,(H,20,22)(H,21,25)(H,23,24)/p-1. The number of amides is 2. The number of aliphatic carboxylic acids is 1. The van der Waals surface area contributed by atoms with E-state index in [1.165, 1.54) is 14.2 Å². The molecule has 8 heteroatoms.